The minimum atomic E-state index is -4.81. The predicted molar refractivity (Wildman–Crippen MR) is 190 cm³/mol. The van der Waals surface area contributed by atoms with Crippen molar-refractivity contribution in [3.05, 3.63) is 100 Å². The zero-order valence-corrected chi connectivity index (χ0v) is 28.4. The van der Waals surface area contributed by atoms with Crippen molar-refractivity contribution in [2.45, 2.75) is 4.90 Å². The first-order valence-corrected chi connectivity index (χ1v) is 17.4. The fourth-order valence-electron chi connectivity index (χ4n) is 5.84. The van der Waals surface area contributed by atoms with Gasteiger partial charge in [0.1, 0.15) is 10.6 Å². The largest absolute Gasteiger partial charge is 0.497 e. The quantitative estimate of drug-likeness (QED) is 0.0825. The summed E-state index contributed by atoms with van der Waals surface area (Å²) in [5, 5.41) is 19.4. The molecule has 19 heteroatoms. The molecule has 1 atom stereocenters. The maximum atomic E-state index is 14.0. The van der Waals surface area contributed by atoms with E-state index in [1.165, 1.54) is 54.1 Å². The highest BCUT2D eigenvalue weighted by Gasteiger charge is 2.30. The number of methoxy groups -OCH3 is 1. The van der Waals surface area contributed by atoms with Crippen molar-refractivity contribution in [3.63, 3.8) is 0 Å². The van der Waals surface area contributed by atoms with Crippen molar-refractivity contribution in [3.8, 4) is 28.6 Å². The predicted octanol–water partition coefficient (Wildman–Crippen LogP) is 4.64. The summed E-state index contributed by atoms with van der Waals surface area (Å²) in [7, 11) is -1.83. The van der Waals surface area contributed by atoms with E-state index in [2.05, 4.69) is 30.9 Å². The lowest BCUT2D eigenvalue weighted by Crippen LogP contribution is -2.21. The molecule has 4 aromatic carbocycles. The standard InChI is InChI=1S/C33H25N7O10S2/c1-40-24-10-9-21(29-28(24)20(15-27(40)41)18-5-3-4-6-19(18)30(29)42)35-23-13-16(7-12-26(23)52(46,47)48)34-31-37-32(39-33(43)38-31)36-22-14-17(49-2)8-11-25(22)50-51(44)45/h3-15,35H,1-2H3,(H,44,45)(H,46,47,48)(H3,34,36,37,38,39,43). The molecule has 0 bridgehead atoms. The molecule has 52 heavy (non-hydrogen) atoms. The summed E-state index contributed by atoms with van der Waals surface area (Å²) in [6.45, 7) is 0. The summed E-state index contributed by atoms with van der Waals surface area (Å²) in [6, 6.07) is 18.7. The molecule has 0 aliphatic heterocycles. The van der Waals surface area contributed by atoms with Crippen LogP contribution in [0.3, 0.4) is 0 Å². The Kier molecular flexibility index (Phi) is 8.54. The zero-order chi connectivity index (χ0) is 36.9. The number of fused-ring (bicyclic) bond motifs is 2. The Balaban J connectivity index is 1.28. The van der Waals surface area contributed by atoms with Crippen LogP contribution in [0.25, 0.3) is 22.0 Å². The Bertz CT molecular complexity index is 2670. The number of pyridine rings is 1. The third-order valence-corrected chi connectivity index (χ3v) is 9.34. The number of benzene rings is 4. The molecule has 0 radical (unpaired) electrons. The fourth-order valence-corrected chi connectivity index (χ4v) is 6.77. The fraction of sp³-hybridized carbons (Fsp3) is 0.0606. The van der Waals surface area contributed by atoms with Crippen molar-refractivity contribution >= 4 is 72.8 Å². The van der Waals surface area contributed by atoms with Crippen LogP contribution in [-0.2, 0) is 28.5 Å². The van der Waals surface area contributed by atoms with Crippen LogP contribution in [0.2, 0.25) is 0 Å². The van der Waals surface area contributed by atoms with Gasteiger partial charge in [-0.05, 0) is 53.6 Å². The Morgan fingerprint density at radius 3 is 2.25 bits per heavy atom. The second-order valence-corrected chi connectivity index (χ2v) is 13.2. The summed E-state index contributed by atoms with van der Waals surface area (Å²) >= 11 is -2.67. The third kappa shape index (κ3) is 6.35. The first-order valence-electron chi connectivity index (χ1n) is 15.0. The molecule has 7 rings (SSSR count). The number of ether oxygens (including phenoxy) is 1. The molecule has 6 N–H and O–H groups in total. The number of nitrogens with one attached hydrogen (secondary N) is 3. The van der Waals surface area contributed by atoms with Gasteiger partial charge in [0.05, 0.1) is 35.3 Å². The SMILES string of the molecule is COc1ccc(OS(=O)O)c(Nc2nc(O)nc(Nc3ccc(S(=O)(=O)O)c(Nc4ccc5c6c(cc(=O)n5C)-c5ccccc5C(=O)c46)c3)n2)c1. The Labute approximate surface area is 296 Å². The number of nitrogens with zero attached hydrogens (tertiary/aromatic N) is 4. The lowest BCUT2D eigenvalue weighted by Gasteiger charge is -2.24. The molecule has 2 aromatic heterocycles. The van der Waals surface area contributed by atoms with E-state index in [1.54, 1.807) is 37.4 Å². The van der Waals surface area contributed by atoms with Gasteiger partial charge in [0.2, 0.25) is 11.9 Å². The van der Waals surface area contributed by atoms with E-state index in [0.717, 1.165) is 6.07 Å². The average molecular weight is 744 g/mol. The summed E-state index contributed by atoms with van der Waals surface area (Å²) in [5.74, 6) is -0.552. The Morgan fingerprint density at radius 1 is 0.808 bits per heavy atom. The Morgan fingerprint density at radius 2 is 1.54 bits per heavy atom. The van der Waals surface area contributed by atoms with Crippen LogP contribution < -0.4 is 30.4 Å². The third-order valence-electron chi connectivity index (χ3n) is 8.10. The van der Waals surface area contributed by atoms with Crippen LogP contribution in [0.1, 0.15) is 15.9 Å². The van der Waals surface area contributed by atoms with Crippen molar-refractivity contribution in [2.75, 3.05) is 23.1 Å². The molecule has 17 nitrogen and oxygen atoms in total. The second-order valence-electron chi connectivity index (χ2n) is 11.2. The summed E-state index contributed by atoms with van der Waals surface area (Å²) in [6.07, 6.45) is 0. The van der Waals surface area contributed by atoms with Gasteiger partial charge in [0.15, 0.2) is 11.5 Å². The van der Waals surface area contributed by atoms with E-state index in [0.29, 0.717) is 33.3 Å². The number of rotatable bonds is 10. The highest BCUT2D eigenvalue weighted by atomic mass is 32.2. The van der Waals surface area contributed by atoms with E-state index < -0.39 is 32.4 Å². The van der Waals surface area contributed by atoms with Crippen molar-refractivity contribution < 1.29 is 40.6 Å². The van der Waals surface area contributed by atoms with Crippen LogP contribution in [-0.4, -0.2) is 59.3 Å². The summed E-state index contributed by atoms with van der Waals surface area (Å²) in [5.41, 5.74) is 2.16. The van der Waals surface area contributed by atoms with Gasteiger partial charge >= 0.3 is 17.4 Å². The number of hydrogen-bond donors (Lipinski definition) is 6. The number of aromatic nitrogens is 4. The number of carbonyl (C=O) groups excluding carboxylic acids is 1. The smallest absolute Gasteiger partial charge is 0.357 e. The van der Waals surface area contributed by atoms with Gasteiger partial charge in [-0.3, -0.25) is 18.7 Å². The highest BCUT2D eigenvalue weighted by Crippen LogP contribution is 2.43. The van der Waals surface area contributed by atoms with Crippen LogP contribution in [0, 0.1) is 0 Å². The maximum Gasteiger partial charge on any atom is 0.357 e. The minimum Gasteiger partial charge on any atom is -0.497 e. The number of hydrogen-bond acceptors (Lipinski definition) is 14. The number of carbonyl (C=O) groups is 1. The van der Waals surface area contributed by atoms with E-state index >= 15 is 0 Å². The zero-order valence-electron chi connectivity index (χ0n) is 26.8. The number of aryl methyl sites for hydroxylation is 1. The number of anilines is 6. The molecule has 0 fully saturated rings. The maximum absolute atomic E-state index is 14.0. The van der Waals surface area contributed by atoms with Gasteiger partial charge in [-0.25, -0.2) is 0 Å². The van der Waals surface area contributed by atoms with E-state index in [9.17, 15) is 36.4 Å². The molecule has 6 aromatic rings. The summed E-state index contributed by atoms with van der Waals surface area (Å²) < 4.78 is 67.2. The number of ketones is 1. The normalized spacial score (nSPS) is 12.6. The van der Waals surface area contributed by atoms with Gasteiger partial charge in [-0.1, -0.05) is 24.3 Å². The van der Waals surface area contributed by atoms with Crippen LogP contribution in [0.15, 0.2) is 88.6 Å². The summed E-state index contributed by atoms with van der Waals surface area (Å²) in [4.78, 5) is 38.2. The molecular weight excluding hydrogens is 719 g/mol. The molecular formula is C33H25N7O10S2. The molecule has 0 saturated heterocycles. The highest BCUT2D eigenvalue weighted by molar-refractivity contribution is 7.86. The lowest BCUT2D eigenvalue weighted by atomic mass is 9.83. The number of aromatic hydroxyl groups is 1. The molecule has 0 amide bonds. The van der Waals surface area contributed by atoms with Crippen LogP contribution in [0.4, 0.5) is 34.6 Å². The molecule has 264 valence electrons. The molecule has 1 aliphatic carbocycles. The van der Waals surface area contributed by atoms with Crippen LogP contribution >= 0.6 is 0 Å². The van der Waals surface area contributed by atoms with Gasteiger partial charge in [0, 0.05) is 35.8 Å². The first-order chi connectivity index (χ1) is 24.8. The van der Waals surface area contributed by atoms with Gasteiger partial charge in [-0.15, -0.1) is 0 Å². The molecule has 0 spiro atoms. The van der Waals surface area contributed by atoms with Gasteiger partial charge in [0.25, 0.3) is 15.7 Å². The average Bonchev–Trinajstić information content (AvgIpc) is 3.09. The minimum absolute atomic E-state index is 0.0726. The molecule has 1 unspecified atom stereocenters. The van der Waals surface area contributed by atoms with Crippen LogP contribution in [0.5, 0.6) is 17.5 Å². The van der Waals surface area contributed by atoms with E-state index in [1.807, 2.05) is 0 Å². The monoisotopic (exact) mass is 743 g/mol. The van der Waals surface area contributed by atoms with E-state index in [-0.39, 0.29) is 57.3 Å². The Hall–Kier alpha value is -6.41. The van der Waals surface area contributed by atoms with Crippen molar-refractivity contribution in [1.82, 2.24) is 19.5 Å². The second kappa shape index (κ2) is 13.0. The molecule has 0 saturated carbocycles. The lowest BCUT2D eigenvalue weighted by molar-refractivity contribution is 0.104. The van der Waals surface area contributed by atoms with Gasteiger partial charge < -0.3 is 34.5 Å². The van der Waals surface area contributed by atoms with Gasteiger partial charge in [-0.2, -0.15) is 27.6 Å². The first kappa shape index (κ1) is 34.1. The topological polar surface area (TPSA) is 244 Å². The molecule has 1 aliphatic rings. The molecule has 2 heterocycles. The van der Waals surface area contributed by atoms with Crippen molar-refractivity contribution in [1.29, 1.82) is 0 Å². The van der Waals surface area contributed by atoms with Crippen molar-refractivity contribution in [2.24, 2.45) is 7.05 Å². The van der Waals surface area contributed by atoms with E-state index in [4.69, 9.17) is 8.92 Å².